The van der Waals surface area contributed by atoms with Crippen LogP contribution in [-0.4, -0.2) is 89.7 Å². The Kier molecular flexibility index (Phi) is 14.5. The summed E-state index contributed by atoms with van der Waals surface area (Å²) in [6.45, 7) is 5.58. The number of benzene rings is 3. The number of sulfonamides is 2. The van der Waals surface area contributed by atoms with Crippen molar-refractivity contribution in [1.29, 1.82) is 0 Å². The Hall–Kier alpha value is -4.94. The average molecular weight is 795 g/mol. The third kappa shape index (κ3) is 12.0. The first-order valence-electron chi connectivity index (χ1n) is 17.6. The van der Waals surface area contributed by atoms with Gasteiger partial charge < -0.3 is 16.0 Å². The quantitative estimate of drug-likeness (QED) is 0.0831. The van der Waals surface area contributed by atoms with Crippen LogP contribution in [0.1, 0.15) is 70.4 Å². The van der Waals surface area contributed by atoms with E-state index in [2.05, 4.69) is 14.8 Å². The van der Waals surface area contributed by atoms with Gasteiger partial charge in [-0.2, -0.15) is 0 Å². The van der Waals surface area contributed by atoms with Gasteiger partial charge in [-0.25, -0.2) is 31.3 Å². The normalized spacial score (nSPS) is 14.8. The predicted molar refractivity (Wildman–Crippen MR) is 212 cm³/mol. The second-order valence-corrected chi connectivity index (χ2v) is 17.1. The van der Waals surface area contributed by atoms with Crippen LogP contribution in [0.3, 0.4) is 0 Å². The number of aryl methyl sites for hydroxylation is 2. The van der Waals surface area contributed by atoms with Crippen molar-refractivity contribution in [3.05, 3.63) is 76.9 Å². The predicted octanol–water partition coefficient (Wildman–Crippen LogP) is 3.31. The maximum absolute atomic E-state index is 13.2. The summed E-state index contributed by atoms with van der Waals surface area (Å²) in [6.07, 6.45) is 5.68. The van der Waals surface area contributed by atoms with E-state index < -0.39 is 31.7 Å². The molecule has 1 aliphatic carbocycles. The molecule has 1 fully saturated rings. The van der Waals surface area contributed by atoms with Gasteiger partial charge in [0.05, 0.1) is 52.5 Å². The monoisotopic (exact) mass is 794 g/mol. The van der Waals surface area contributed by atoms with Crippen LogP contribution in [0, 0.1) is 13.8 Å². The third-order valence-electron chi connectivity index (χ3n) is 8.53. The summed E-state index contributed by atoms with van der Waals surface area (Å²) < 4.78 is 47.9. The number of carbonyl (C=O) groups excluding carboxylic acids is 5. The largest absolute Gasteiger partial charge is 0.330 e. The van der Waals surface area contributed by atoms with E-state index in [1.165, 1.54) is 0 Å². The van der Waals surface area contributed by atoms with Crippen molar-refractivity contribution in [2.75, 3.05) is 48.9 Å². The van der Waals surface area contributed by atoms with Gasteiger partial charge in [-0.1, -0.05) is 29.3 Å². The van der Waals surface area contributed by atoms with Crippen LogP contribution in [0.15, 0.2) is 54.6 Å². The number of anilines is 2. The van der Waals surface area contributed by atoms with Crippen LogP contribution in [-0.2, 0) is 34.4 Å². The number of rotatable bonds is 9. The number of pyridine rings is 1. The second kappa shape index (κ2) is 18.6. The Morgan fingerprint density at radius 1 is 0.800 bits per heavy atom. The number of ketones is 3. The Bertz CT molecular complexity index is 2350. The van der Waals surface area contributed by atoms with E-state index in [1.54, 1.807) is 17.0 Å². The molecule has 0 spiro atoms. The molecule has 3 heterocycles. The molecule has 0 saturated heterocycles. The van der Waals surface area contributed by atoms with Crippen LogP contribution in [0.4, 0.5) is 11.4 Å². The van der Waals surface area contributed by atoms with Crippen molar-refractivity contribution < 1.29 is 40.8 Å². The molecule has 7 rings (SSSR count). The Morgan fingerprint density at radius 2 is 1.42 bits per heavy atom. The number of fused-ring (bicyclic) bond motifs is 3. The van der Waals surface area contributed by atoms with Crippen LogP contribution in [0.2, 0.25) is 0 Å². The molecule has 2 aliphatic heterocycles. The lowest BCUT2D eigenvalue weighted by molar-refractivity contribution is -0.129. The minimum Gasteiger partial charge on any atom is -0.330 e. The van der Waals surface area contributed by atoms with Crippen molar-refractivity contribution >= 4 is 82.4 Å². The number of nitrogens with one attached hydrogen (secondary N) is 3. The molecule has 294 valence electrons. The fraction of sp³-hybridized carbons (Fsp3) is 0.368. The van der Waals surface area contributed by atoms with Crippen LogP contribution in [0.5, 0.6) is 0 Å². The fourth-order valence-electron chi connectivity index (χ4n) is 5.99. The molecule has 3 aliphatic rings. The smallest absolute Gasteiger partial charge is 0.296 e. The molecule has 3 aromatic carbocycles. The maximum atomic E-state index is 13.2. The number of carbonyl (C=O) groups is 5. The molecule has 17 heteroatoms. The van der Waals surface area contributed by atoms with Gasteiger partial charge in [0, 0.05) is 43.2 Å². The number of nitrogens with zero attached hydrogens (tertiary/aromatic N) is 2. The first-order chi connectivity index (χ1) is 25.9. The minimum atomic E-state index is -3.22. The van der Waals surface area contributed by atoms with Gasteiger partial charge in [0.15, 0.2) is 0 Å². The zero-order chi connectivity index (χ0) is 40.5. The molecule has 0 radical (unpaired) electrons. The average Bonchev–Trinajstić information content (AvgIpc) is 3.55. The van der Waals surface area contributed by atoms with E-state index in [4.69, 9.17) is 10.7 Å². The lowest BCUT2D eigenvalue weighted by Gasteiger charge is -2.17. The molecule has 5 N–H and O–H groups in total. The first kappa shape index (κ1) is 42.8. The molecular weight excluding hydrogens is 749 g/mol. The van der Waals surface area contributed by atoms with Crippen molar-refractivity contribution in [2.24, 2.45) is 5.73 Å². The minimum absolute atomic E-state index is 0.0476. The van der Waals surface area contributed by atoms with Crippen molar-refractivity contribution in [3.8, 4) is 0 Å². The topological polar surface area (TPSA) is 232 Å². The Labute approximate surface area is 320 Å². The van der Waals surface area contributed by atoms with Crippen molar-refractivity contribution in [2.45, 2.75) is 52.4 Å². The number of hydrogen-bond acceptors (Lipinski definition) is 11. The van der Waals surface area contributed by atoms with Crippen LogP contribution >= 0.6 is 0 Å². The second-order valence-electron chi connectivity index (χ2n) is 13.4. The number of amides is 2. The fourth-order valence-corrected chi connectivity index (χ4v) is 7.02. The molecule has 55 heavy (non-hydrogen) atoms. The van der Waals surface area contributed by atoms with E-state index in [0.717, 1.165) is 57.6 Å². The van der Waals surface area contributed by atoms with Gasteiger partial charge >= 0.3 is 0 Å². The highest BCUT2D eigenvalue weighted by molar-refractivity contribution is 7.89. The molecule has 15 nitrogen and oxygen atoms in total. The third-order valence-corrected chi connectivity index (χ3v) is 9.99. The summed E-state index contributed by atoms with van der Waals surface area (Å²) in [6, 6.07) is 17.0. The van der Waals surface area contributed by atoms with Gasteiger partial charge in [0.25, 0.3) is 17.6 Å². The molecule has 1 saturated carbocycles. The van der Waals surface area contributed by atoms with Gasteiger partial charge in [0.2, 0.25) is 20.0 Å². The van der Waals surface area contributed by atoms with E-state index in [1.807, 2.05) is 56.3 Å². The summed E-state index contributed by atoms with van der Waals surface area (Å²) in [5, 5.41) is 4.23. The van der Waals surface area contributed by atoms with Crippen molar-refractivity contribution in [1.82, 2.24) is 14.4 Å². The lowest BCUT2D eigenvalue weighted by atomic mass is 9.98. The first-order valence-corrected chi connectivity index (χ1v) is 21.4. The van der Waals surface area contributed by atoms with E-state index in [9.17, 15) is 40.8 Å². The summed E-state index contributed by atoms with van der Waals surface area (Å²) in [7, 11) is -6.23. The molecule has 2 amide bonds. The highest BCUT2D eigenvalue weighted by Gasteiger charge is 2.32. The Balaban J connectivity index is 0.000000191. The lowest BCUT2D eigenvalue weighted by Crippen LogP contribution is -2.31. The number of Topliss-reactive ketones (excluding diaryl/α,β-unsaturated/α-hetero) is 3. The summed E-state index contributed by atoms with van der Waals surface area (Å²) in [4.78, 5) is 62.5. The molecule has 4 aromatic rings. The number of nitrogens with two attached hydrogens (primary N) is 1. The van der Waals surface area contributed by atoms with E-state index in [0.29, 0.717) is 68.7 Å². The number of hydrogen-bond donors (Lipinski definition) is 4. The molecule has 0 unspecified atom stereocenters. The van der Waals surface area contributed by atoms with Crippen molar-refractivity contribution in [3.63, 3.8) is 0 Å². The molecule has 0 atom stereocenters. The molecule has 1 aromatic heterocycles. The SMILES string of the molecule is CS(=O)(=O)NCCCN.Cc1ccc2c(c1)C(=O)C(=O)N2.Cc1ccc2nc3cccc4c3c(c2c1)C(=O)N4CCCNS(C)(=O)=O.O=C1CCCC(=O)C1. The van der Waals surface area contributed by atoms with E-state index >= 15 is 0 Å². The number of aromatic nitrogens is 1. The van der Waals surface area contributed by atoms with Gasteiger partial charge in [0.1, 0.15) is 11.6 Å². The molecule has 0 bridgehead atoms. The summed E-state index contributed by atoms with van der Waals surface area (Å²) >= 11 is 0. The highest BCUT2D eigenvalue weighted by atomic mass is 32.2. The van der Waals surface area contributed by atoms with Gasteiger partial charge in [-0.05, 0) is 76.1 Å². The van der Waals surface area contributed by atoms with Crippen LogP contribution < -0.4 is 25.4 Å². The summed E-state index contributed by atoms with van der Waals surface area (Å²) in [5.41, 5.74) is 11.4. The Morgan fingerprint density at radius 3 is 2.02 bits per heavy atom. The van der Waals surface area contributed by atoms with Gasteiger partial charge in [-0.15, -0.1) is 0 Å². The zero-order valence-corrected chi connectivity index (χ0v) is 32.9. The van der Waals surface area contributed by atoms with Gasteiger partial charge in [-0.3, -0.25) is 24.0 Å². The highest BCUT2D eigenvalue weighted by Crippen LogP contribution is 2.40. The van der Waals surface area contributed by atoms with E-state index in [-0.39, 0.29) is 23.9 Å². The maximum Gasteiger partial charge on any atom is 0.296 e. The zero-order valence-electron chi connectivity index (χ0n) is 31.2. The standard InChI is InChI=1S/C19H19N3O3S.C9H7NO2.C6H8O2.C4H12N2O2S/c1-12-7-8-14-13(11-12)17-18-15(21-14)5-3-6-16(18)22(19(17)23)10-4-9-20-26(2,24)25;1-5-2-3-7-6(4-5)8(11)9(12)10-7;7-5-2-1-3-6(8)4-5;1-9(7,8)6-4-2-3-5/h3,5-8,11,20H,4,9-10H2,1-2H3;2-4H,1H3,(H,10,11,12);1-4H2;6H,2-5H2,1H3. The summed E-state index contributed by atoms with van der Waals surface area (Å²) in [5.74, 6) is -0.791. The van der Waals surface area contributed by atoms with Crippen LogP contribution in [0.25, 0.3) is 21.8 Å². The molecular formula is C38H46N6O9S2.